The molecule has 4 rings (SSSR count). The van der Waals surface area contributed by atoms with E-state index in [2.05, 4.69) is 4.90 Å². The fourth-order valence-electron chi connectivity index (χ4n) is 4.22. The fourth-order valence-corrected chi connectivity index (χ4v) is 5.22. The summed E-state index contributed by atoms with van der Waals surface area (Å²) in [6.07, 6.45) is 4.87. The van der Waals surface area contributed by atoms with Gasteiger partial charge in [-0.25, -0.2) is 9.69 Å². The van der Waals surface area contributed by atoms with Gasteiger partial charge in [0.25, 0.3) is 11.8 Å². The third kappa shape index (κ3) is 5.04. The van der Waals surface area contributed by atoms with Crippen LogP contribution in [0.25, 0.3) is 0 Å². The lowest BCUT2D eigenvalue weighted by Gasteiger charge is -2.24. The zero-order chi connectivity index (χ0) is 24.1. The Morgan fingerprint density at radius 2 is 1.62 bits per heavy atom. The van der Waals surface area contributed by atoms with Crippen molar-refractivity contribution in [2.24, 2.45) is 0 Å². The molecule has 0 atom stereocenters. The van der Waals surface area contributed by atoms with E-state index in [1.54, 1.807) is 24.3 Å². The van der Waals surface area contributed by atoms with Crippen molar-refractivity contribution in [2.45, 2.75) is 50.8 Å². The molecule has 2 aromatic rings. The number of imide groups is 1. The Morgan fingerprint density at radius 1 is 0.941 bits per heavy atom. The first-order valence-corrected chi connectivity index (χ1v) is 12.7. The summed E-state index contributed by atoms with van der Waals surface area (Å²) in [6.45, 7) is 5.68. The molecule has 2 aromatic carbocycles. The summed E-state index contributed by atoms with van der Waals surface area (Å²) in [4.78, 5) is 44.8. The van der Waals surface area contributed by atoms with Crippen LogP contribution in [0.5, 0.6) is 0 Å². The largest absolute Gasteiger partial charge is 0.462 e. The molecule has 0 spiro atoms. The molecule has 2 aliphatic rings. The van der Waals surface area contributed by atoms with Crippen LogP contribution in [-0.2, 0) is 14.3 Å². The average molecular weight is 479 g/mol. The number of benzene rings is 2. The topological polar surface area (TPSA) is 66.9 Å². The van der Waals surface area contributed by atoms with Crippen LogP contribution in [0.15, 0.2) is 64.0 Å². The Balaban J connectivity index is 1.74. The molecule has 0 bridgehead atoms. The molecule has 0 saturated carbocycles. The van der Waals surface area contributed by atoms with Crippen LogP contribution < -0.4 is 4.90 Å². The van der Waals surface area contributed by atoms with Gasteiger partial charge in [0, 0.05) is 18.0 Å². The van der Waals surface area contributed by atoms with Crippen LogP contribution in [-0.4, -0.2) is 42.4 Å². The van der Waals surface area contributed by atoms with Crippen molar-refractivity contribution >= 4 is 35.2 Å². The van der Waals surface area contributed by atoms with Crippen LogP contribution in [0, 0.1) is 6.92 Å². The highest BCUT2D eigenvalue weighted by molar-refractivity contribution is 8.04. The zero-order valence-corrected chi connectivity index (χ0v) is 20.5. The Kier molecular flexibility index (Phi) is 7.73. The lowest BCUT2D eigenvalue weighted by Crippen LogP contribution is -2.36. The lowest BCUT2D eigenvalue weighted by molar-refractivity contribution is -0.121. The number of para-hydroxylation sites is 1. The number of aryl methyl sites for hydroxylation is 1. The number of rotatable bonds is 7. The van der Waals surface area contributed by atoms with Gasteiger partial charge < -0.3 is 9.64 Å². The second kappa shape index (κ2) is 10.9. The number of esters is 1. The van der Waals surface area contributed by atoms with E-state index in [-0.39, 0.29) is 23.8 Å². The summed E-state index contributed by atoms with van der Waals surface area (Å²) in [5, 5.41) is 0. The number of ether oxygens (including phenoxy) is 1. The van der Waals surface area contributed by atoms with Crippen molar-refractivity contribution in [1.29, 1.82) is 0 Å². The van der Waals surface area contributed by atoms with Crippen molar-refractivity contribution in [3.8, 4) is 0 Å². The number of hydrogen-bond donors (Lipinski definition) is 0. The quantitative estimate of drug-likeness (QED) is 0.397. The van der Waals surface area contributed by atoms with Crippen LogP contribution in [0.1, 0.15) is 54.9 Å². The van der Waals surface area contributed by atoms with E-state index in [9.17, 15) is 14.4 Å². The van der Waals surface area contributed by atoms with E-state index in [1.165, 1.54) is 11.8 Å². The van der Waals surface area contributed by atoms with Gasteiger partial charge in [-0.2, -0.15) is 0 Å². The number of likely N-dealkylation sites (tertiary alicyclic amines) is 1. The van der Waals surface area contributed by atoms with Gasteiger partial charge in [0.1, 0.15) is 10.6 Å². The summed E-state index contributed by atoms with van der Waals surface area (Å²) in [7, 11) is 0. The van der Waals surface area contributed by atoms with Crippen LogP contribution >= 0.6 is 11.8 Å². The molecule has 1 fully saturated rings. The third-order valence-electron chi connectivity index (χ3n) is 5.98. The number of thioether (sulfide) groups is 1. The highest BCUT2D eigenvalue weighted by Gasteiger charge is 2.43. The molecular weight excluding hydrogens is 448 g/mol. The molecule has 0 radical (unpaired) electrons. The van der Waals surface area contributed by atoms with Gasteiger partial charge in [-0.15, -0.1) is 0 Å². The van der Waals surface area contributed by atoms with E-state index in [0.717, 1.165) is 54.1 Å². The fraction of sp³-hybridized carbons (Fsp3) is 0.370. The highest BCUT2D eigenvalue weighted by atomic mass is 32.2. The standard InChI is InChI=1S/C27H30N2O4S/c1-3-18-33-27(32)21-10-6-7-11-22(21)29-25(30)23(28-16-8-4-5-9-17-28)24(26(29)31)34-20-14-12-19(2)13-15-20/h6-7,10-15H,3-5,8-9,16-18H2,1-2H3. The van der Waals surface area contributed by atoms with E-state index in [4.69, 9.17) is 4.74 Å². The molecule has 0 N–H and O–H groups in total. The molecule has 6 nitrogen and oxygen atoms in total. The predicted octanol–water partition coefficient (Wildman–Crippen LogP) is 5.31. The molecule has 0 aromatic heterocycles. The van der Waals surface area contributed by atoms with E-state index >= 15 is 0 Å². The number of amides is 2. The lowest BCUT2D eigenvalue weighted by atomic mass is 10.1. The second-order valence-electron chi connectivity index (χ2n) is 8.59. The Labute approximate surface area is 205 Å². The summed E-state index contributed by atoms with van der Waals surface area (Å²) in [5.41, 5.74) is 2.05. The van der Waals surface area contributed by atoms with Gasteiger partial charge in [0.2, 0.25) is 0 Å². The summed E-state index contributed by atoms with van der Waals surface area (Å²) in [5.74, 6) is -1.31. The number of carbonyl (C=O) groups is 3. The van der Waals surface area contributed by atoms with Crippen molar-refractivity contribution in [3.63, 3.8) is 0 Å². The molecule has 7 heteroatoms. The van der Waals surface area contributed by atoms with Crippen LogP contribution in [0.3, 0.4) is 0 Å². The molecule has 2 amide bonds. The number of nitrogens with zero attached hydrogens (tertiary/aromatic N) is 2. The van der Waals surface area contributed by atoms with Gasteiger partial charge >= 0.3 is 5.97 Å². The minimum atomic E-state index is -0.533. The molecule has 34 heavy (non-hydrogen) atoms. The van der Waals surface area contributed by atoms with Crippen molar-refractivity contribution in [2.75, 3.05) is 24.6 Å². The molecular formula is C27H30N2O4S. The van der Waals surface area contributed by atoms with E-state index < -0.39 is 11.9 Å². The van der Waals surface area contributed by atoms with E-state index in [0.29, 0.717) is 17.0 Å². The Bertz CT molecular complexity index is 1100. The van der Waals surface area contributed by atoms with Crippen LogP contribution in [0.4, 0.5) is 5.69 Å². The average Bonchev–Trinajstić information content (AvgIpc) is 3.01. The maximum Gasteiger partial charge on any atom is 0.340 e. The second-order valence-corrected chi connectivity index (χ2v) is 9.68. The first-order valence-electron chi connectivity index (χ1n) is 11.9. The normalized spacial score (nSPS) is 16.8. The van der Waals surface area contributed by atoms with Gasteiger partial charge in [-0.1, -0.05) is 61.4 Å². The van der Waals surface area contributed by atoms with Gasteiger partial charge in [0.05, 0.1) is 17.9 Å². The number of anilines is 1. The Morgan fingerprint density at radius 3 is 2.29 bits per heavy atom. The van der Waals surface area contributed by atoms with Crippen molar-refractivity contribution in [1.82, 2.24) is 4.90 Å². The summed E-state index contributed by atoms with van der Waals surface area (Å²) >= 11 is 1.32. The van der Waals surface area contributed by atoms with Crippen molar-refractivity contribution in [3.05, 3.63) is 70.3 Å². The molecule has 1 saturated heterocycles. The van der Waals surface area contributed by atoms with Gasteiger partial charge in [-0.3, -0.25) is 9.59 Å². The molecule has 2 heterocycles. The minimum Gasteiger partial charge on any atom is -0.462 e. The van der Waals surface area contributed by atoms with E-state index in [1.807, 2.05) is 38.1 Å². The maximum absolute atomic E-state index is 13.8. The first-order chi connectivity index (χ1) is 16.5. The summed E-state index contributed by atoms with van der Waals surface area (Å²) < 4.78 is 5.32. The molecule has 2 aliphatic heterocycles. The molecule has 0 unspecified atom stereocenters. The number of hydrogen-bond acceptors (Lipinski definition) is 6. The van der Waals surface area contributed by atoms with Crippen molar-refractivity contribution < 1.29 is 19.1 Å². The predicted molar refractivity (Wildman–Crippen MR) is 134 cm³/mol. The minimum absolute atomic E-state index is 0.217. The van der Waals surface area contributed by atoms with Gasteiger partial charge in [-0.05, 0) is 50.5 Å². The van der Waals surface area contributed by atoms with Gasteiger partial charge in [0.15, 0.2) is 0 Å². The summed E-state index contributed by atoms with van der Waals surface area (Å²) in [6, 6.07) is 14.6. The number of carbonyl (C=O) groups excluding carboxylic acids is 3. The first kappa shape index (κ1) is 24.1. The highest BCUT2D eigenvalue weighted by Crippen LogP contribution is 2.40. The molecule has 0 aliphatic carbocycles. The molecule has 178 valence electrons. The maximum atomic E-state index is 13.8. The zero-order valence-electron chi connectivity index (χ0n) is 19.7. The monoisotopic (exact) mass is 478 g/mol. The van der Waals surface area contributed by atoms with Crippen LogP contribution in [0.2, 0.25) is 0 Å². The Hall–Kier alpha value is -3.06. The smallest absolute Gasteiger partial charge is 0.340 e. The SMILES string of the molecule is CCCOC(=O)c1ccccc1N1C(=O)C(Sc2ccc(C)cc2)=C(N2CCCCCC2)C1=O. The third-order valence-corrected chi connectivity index (χ3v) is 7.06.